The first-order valence-corrected chi connectivity index (χ1v) is 9.30. The van der Waals surface area contributed by atoms with E-state index in [1.54, 1.807) is 24.3 Å². The molecule has 2 aliphatic rings. The lowest BCUT2D eigenvalue weighted by molar-refractivity contribution is -0.140. The molecule has 0 radical (unpaired) electrons. The second-order valence-corrected chi connectivity index (χ2v) is 7.42. The molecule has 136 valence electrons. The summed E-state index contributed by atoms with van der Waals surface area (Å²) < 4.78 is 0. The number of amides is 2. The quantitative estimate of drug-likeness (QED) is 0.846. The van der Waals surface area contributed by atoms with E-state index in [9.17, 15) is 14.7 Å². The van der Waals surface area contributed by atoms with Gasteiger partial charge < -0.3 is 15.7 Å². The van der Waals surface area contributed by atoms with Crippen molar-refractivity contribution >= 4 is 40.5 Å². The van der Waals surface area contributed by atoms with Crippen LogP contribution < -0.4 is 10.6 Å². The van der Waals surface area contributed by atoms with Gasteiger partial charge in [-0.25, -0.2) is 0 Å². The highest BCUT2D eigenvalue weighted by molar-refractivity contribution is 8.15. The van der Waals surface area contributed by atoms with Gasteiger partial charge in [-0.3, -0.25) is 9.59 Å². The molecule has 0 bridgehead atoms. The molecule has 7 heteroatoms. The number of hydrogen-bond donors (Lipinski definition) is 2. The lowest BCUT2D eigenvalue weighted by Crippen LogP contribution is -2.49. The van der Waals surface area contributed by atoms with Gasteiger partial charge in [-0.05, 0) is 11.6 Å². The van der Waals surface area contributed by atoms with Crippen LogP contribution in [0.25, 0.3) is 6.08 Å². The normalized spacial score (nSPS) is 24.6. The number of carbonyl (C=O) groups excluding carboxylic acids is 2. The number of nitrogens with two attached hydrogens (primary N) is 1. The largest absolute Gasteiger partial charge is 0.378 e. The zero-order valence-corrected chi connectivity index (χ0v) is 15.1. The minimum Gasteiger partial charge on any atom is -0.378 e. The Morgan fingerprint density at radius 2 is 1.85 bits per heavy atom. The van der Waals surface area contributed by atoms with Crippen LogP contribution in [0, 0.1) is 0 Å². The van der Waals surface area contributed by atoms with Crippen molar-refractivity contribution in [1.82, 2.24) is 0 Å². The smallest absolute Gasteiger partial charge is 0.265 e. The maximum absolute atomic E-state index is 13.2. The lowest BCUT2D eigenvalue weighted by atomic mass is 9.91. The molecule has 6 nitrogen and oxygen atoms in total. The third-order valence-electron chi connectivity index (χ3n) is 4.64. The first-order chi connectivity index (χ1) is 13.0. The van der Waals surface area contributed by atoms with Gasteiger partial charge in [0.25, 0.3) is 11.8 Å². The number of fused-ring (bicyclic) bond motifs is 1. The number of aliphatic hydroxyl groups is 1. The number of thioether (sulfide) groups is 1. The van der Waals surface area contributed by atoms with Crippen LogP contribution in [-0.2, 0) is 15.2 Å². The molecule has 0 saturated heterocycles. The first-order valence-electron chi connectivity index (χ1n) is 8.42. The molecule has 4 rings (SSSR count). The Kier molecular flexibility index (Phi) is 4.33. The Balaban J connectivity index is 1.66. The Bertz CT molecular complexity index is 973. The number of hydrogen-bond acceptors (Lipinski definition) is 5. The van der Waals surface area contributed by atoms with Crippen LogP contribution in [0.5, 0.6) is 0 Å². The van der Waals surface area contributed by atoms with E-state index >= 15 is 0 Å². The van der Waals surface area contributed by atoms with Crippen molar-refractivity contribution in [3.63, 3.8) is 0 Å². The molecule has 2 aliphatic heterocycles. The summed E-state index contributed by atoms with van der Waals surface area (Å²) >= 11 is 0.923. The van der Waals surface area contributed by atoms with Crippen LogP contribution in [0.15, 0.2) is 65.7 Å². The number of anilines is 1. The molecule has 2 aromatic carbocycles. The number of carbonyl (C=O) groups is 2. The summed E-state index contributed by atoms with van der Waals surface area (Å²) in [5.74, 6) is -1.14. The number of rotatable bonds is 4. The van der Waals surface area contributed by atoms with E-state index in [1.807, 2.05) is 42.5 Å². The number of para-hydroxylation sites is 1. The van der Waals surface area contributed by atoms with Gasteiger partial charge in [0.05, 0.1) is 5.69 Å². The van der Waals surface area contributed by atoms with Crippen molar-refractivity contribution in [2.24, 2.45) is 10.7 Å². The maximum Gasteiger partial charge on any atom is 0.265 e. The summed E-state index contributed by atoms with van der Waals surface area (Å²) in [5, 5.41) is 10.3. The lowest BCUT2D eigenvalue weighted by Gasteiger charge is -2.26. The fourth-order valence-electron chi connectivity index (χ4n) is 3.38. The van der Waals surface area contributed by atoms with E-state index < -0.39 is 22.7 Å². The monoisotopic (exact) mass is 379 g/mol. The maximum atomic E-state index is 13.2. The van der Waals surface area contributed by atoms with Crippen LogP contribution in [0.4, 0.5) is 5.69 Å². The minimum atomic E-state index is -1.98. The topological polar surface area (TPSA) is 96.0 Å². The molecule has 2 atom stereocenters. The first kappa shape index (κ1) is 17.5. The summed E-state index contributed by atoms with van der Waals surface area (Å²) in [6.07, 6.45) is 3.76. The molecule has 2 amide bonds. The number of aliphatic imine (C=N–C) groups is 1. The average Bonchev–Trinajstić information content (AvgIpc) is 3.13. The predicted molar refractivity (Wildman–Crippen MR) is 106 cm³/mol. The van der Waals surface area contributed by atoms with Crippen LogP contribution in [0.3, 0.4) is 0 Å². The highest BCUT2D eigenvalue weighted by atomic mass is 32.2. The fraction of sp³-hybridized carbons (Fsp3) is 0.150. The van der Waals surface area contributed by atoms with Gasteiger partial charge in [0, 0.05) is 12.1 Å². The van der Waals surface area contributed by atoms with Crippen molar-refractivity contribution in [3.8, 4) is 0 Å². The number of amidine groups is 1. The number of nitrogens with zero attached hydrogens (tertiary/aromatic N) is 2. The zero-order valence-electron chi connectivity index (χ0n) is 14.3. The van der Waals surface area contributed by atoms with Crippen molar-refractivity contribution in [3.05, 3.63) is 71.8 Å². The SMILES string of the molecule is NC1=NC(=O)[C@H]([C@@]2(O)C(=O)N(C/C=C/c3ccccc3)c3ccccc32)S1. The van der Waals surface area contributed by atoms with Crippen molar-refractivity contribution in [2.45, 2.75) is 10.9 Å². The minimum absolute atomic E-state index is 0.0612. The predicted octanol–water partition coefficient (Wildman–Crippen LogP) is 1.89. The Morgan fingerprint density at radius 1 is 1.15 bits per heavy atom. The molecule has 0 fully saturated rings. The van der Waals surface area contributed by atoms with Crippen LogP contribution in [0.1, 0.15) is 11.1 Å². The van der Waals surface area contributed by atoms with Gasteiger partial charge in [0.1, 0.15) is 5.25 Å². The van der Waals surface area contributed by atoms with E-state index in [2.05, 4.69) is 4.99 Å². The standard InChI is InChI=1S/C20H17N3O3S/c21-19-22-17(24)16(27-19)20(26)14-10-4-5-11-15(14)23(18(20)25)12-6-9-13-7-2-1-3-8-13/h1-11,16,26H,12H2,(H2,21,22,24)/b9-6+/t16-,20-/m1/s1. The van der Waals surface area contributed by atoms with Gasteiger partial charge >= 0.3 is 0 Å². The average molecular weight is 379 g/mol. The van der Waals surface area contributed by atoms with Crippen molar-refractivity contribution < 1.29 is 14.7 Å². The molecule has 3 N–H and O–H groups in total. The molecule has 2 aromatic rings. The van der Waals surface area contributed by atoms with Gasteiger partial charge in [-0.2, -0.15) is 4.99 Å². The molecule has 2 heterocycles. The van der Waals surface area contributed by atoms with E-state index in [4.69, 9.17) is 5.73 Å². The summed E-state index contributed by atoms with van der Waals surface area (Å²) in [4.78, 5) is 30.5. The summed E-state index contributed by atoms with van der Waals surface area (Å²) in [5.41, 5.74) is 5.65. The molecular weight excluding hydrogens is 362 g/mol. The Labute approximate surface area is 160 Å². The van der Waals surface area contributed by atoms with E-state index in [-0.39, 0.29) is 11.7 Å². The Hall–Kier alpha value is -2.90. The van der Waals surface area contributed by atoms with Gasteiger partial charge in [-0.15, -0.1) is 0 Å². The zero-order chi connectivity index (χ0) is 19.0. The second kappa shape index (κ2) is 6.68. The molecular formula is C20H17N3O3S. The summed E-state index contributed by atoms with van der Waals surface area (Å²) in [6.45, 7) is 0.273. The van der Waals surface area contributed by atoms with Crippen LogP contribution >= 0.6 is 11.8 Å². The Morgan fingerprint density at radius 3 is 2.56 bits per heavy atom. The summed E-state index contributed by atoms with van der Waals surface area (Å²) in [6, 6.07) is 16.7. The highest BCUT2D eigenvalue weighted by Gasteiger charge is 2.58. The summed E-state index contributed by atoms with van der Waals surface area (Å²) in [7, 11) is 0. The van der Waals surface area contributed by atoms with Crippen molar-refractivity contribution in [1.29, 1.82) is 0 Å². The van der Waals surface area contributed by atoms with Gasteiger partial charge in [-0.1, -0.05) is 72.4 Å². The van der Waals surface area contributed by atoms with E-state index in [0.29, 0.717) is 11.3 Å². The van der Waals surface area contributed by atoms with Gasteiger partial charge in [0.2, 0.25) is 0 Å². The van der Waals surface area contributed by atoms with E-state index in [0.717, 1.165) is 17.3 Å². The number of benzene rings is 2. The third kappa shape index (κ3) is 2.85. The molecule has 0 spiro atoms. The molecule has 0 aromatic heterocycles. The van der Waals surface area contributed by atoms with E-state index in [1.165, 1.54) is 4.90 Å². The van der Waals surface area contributed by atoms with Crippen LogP contribution in [0.2, 0.25) is 0 Å². The molecule has 0 saturated carbocycles. The molecule has 0 aliphatic carbocycles. The van der Waals surface area contributed by atoms with Gasteiger partial charge in [0.15, 0.2) is 10.8 Å². The fourth-order valence-corrected chi connectivity index (χ4v) is 4.32. The highest BCUT2D eigenvalue weighted by Crippen LogP contribution is 2.47. The van der Waals surface area contributed by atoms with Crippen LogP contribution in [-0.4, -0.2) is 33.9 Å². The molecule has 27 heavy (non-hydrogen) atoms. The molecule has 0 unspecified atom stereocenters. The second-order valence-electron chi connectivity index (χ2n) is 6.30. The third-order valence-corrected chi connectivity index (χ3v) is 5.75. The van der Waals surface area contributed by atoms with Crippen molar-refractivity contribution in [2.75, 3.05) is 11.4 Å².